The van der Waals surface area contributed by atoms with Gasteiger partial charge in [0.25, 0.3) is 0 Å². The normalized spacial score (nSPS) is 12.3. The van der Waals surface area contributed by atoms with Crippen molar-refractivity contribution in [2.24, 2.45) is 17.8 Å². The van der Waals surface area contributed by atoms with E-state index in [1.54, 1.807) is 0 Å². The minimum atomic E-state index is -2.91. The molecular weight excluding hydrogens is 511 g/mol. The van der Waals surface area contributed by atoms with Crippen LogP contribution in [-0.4, -0.2) is 24.8 Å². The van der Waals surface area contributed by atoms with Gasteiger partial charge in [0.2, 0.25) is 0 Å². The molecular formula is C30H62O2Sn. The molecule has 198 valence electrons. The van der Waals surface area contributed by atoms with Crippen LogP contribution in [0.1, 0.15) is 151 Å². The van der Waals surface area contributed by atoms with Crippen molar-refractivity contribution in [3.05, 3.63) is 0 Å². The zero-order chi connectivity index (χ0) is 25.0. The molecule has 0 N–H and O–H groups in total. The van der Waals surface area contributed by atoms with Gasteiger partial charge in [-0.05, 0) is 0 Å². The van der Waals surface area contributed by atoms with E-state index >= 15 is 0 Å². The fraction of sp³-hybridized carbons (Fsp3) is 0.967. The van der Waals surface area contributed by atoms with Gasteiger partial charge in [-0.3, -0.25) is 0 Å². The van der Waals surface area contributed by atoms with Crippen molar-refractivity contribution in [3.63, 3.8) is 0 Å². The van der Waals surface area contributed by atoms with E-state index < -0.39 is 18.8 Å². The molecule has 0 atom stereocenters. The van der Waals surface area contributed by atoms with E-state index in [1.165, 1.54) is 103 Å². The Morgan fingerprint density at radius 1 is 0.576 bits per heavy atom. The molecule has 0 aliphatic carbocycles. The Balaban J connectivity index is 4.72. The molecule has 33 heavy (non-hydrogen) atoms. The molecule has 0 saturated heterocycles. The Kier molecular flexibility index (Phi) is 21.7. The second-order valence-corrected chi connectivity index (χ2v) is 23.7. The van der Waals surface area contributed by atoms with Crippen LogP contribution in [0.3, 0.4) is 0 Å². The molecule has 0 amide bonds. The van der Waals surface area contributed by atoms with Crippen LogP contribution in [0.5, 0.6) is 0 Å². The number of unbranched alkanes of at least 4 members (excludes halogenated alkanes) is 8. The first-order valence-corrected chi connectivity index (χ1v) is 22.1. The summed E-state index contributed by atoms with van der Waals surface area (Å²) in [5, 5.41) is 0. The van der Waals surface area contributed by atoms with Crippen LogP contribution in [0.25, 0.3) is 0 Å². The monoisotopic (exact) mass is 574 g/mol. The maximum atomic E-state index is 13.0. The number of rotatable bonds is 23. The van der Waals surface area contributed by atoms with E-state index in [2.05, 4.69) is 48.5 Å². The van der Waals surface area contributed by atoms with Crippen molar-refractivity contribution in [2.75, 3.05) is 0 Å². The van der Waals surface area contributed by atoms with E-state index in [0.29, 0.717) is 6.42 Å². The summed E-state index contributed by atoms with van der Waals surface area (Å²) in [4.78, 5) is 13.0. The second kappa shape index (κ2) is 21.5. The molecule has 0 aromatic rings. The third-order valence-corrected chi connectivity index (χ3v) is 19.8. The van der Waals surface area contributed by atoms with Gasteiger partial charge < -0.3 is 0 Å². The van der Waals surface area contributed by atoms with Crippen LogP contribution in [-0.2, 0) is 7.87 Å². The van der Waals surface area contributed by atoms with Crippen LogP contribution in [0, 0.1) is 17.8 Å². The summed E-state index contributed by atoms with van der Waals surface area (Å²) in [5.74, 6) is 2.40. The molecule has 0 spiro atoms. The summed E-state index contributed by atoms with van der Waals surface area (Å²) in [7, 11) is 0. The molecule has 0 unspecified atom stereocenters. The molecule has 0 aliphatic rings. The van der Waals surface area contributed by atoms with E-state index in [-0.39, 0.29) is 5.97 Å². The SMILES string of the molecule is CCCCCCCCCCCC(=O)[O][Sn]([CH2]CCC(C)C)([CH2]CCC(C)C)[CH2]CCC(C)C. The van der Waals surface area contributed by atoms with Crippen molar-refractivity contribution < 1.29 is 7.87 Å². The molecule has 0 bridgehead atoms. The van der Waals surface area contributed by atoms with Crippen LogP contribution in [0.15, 0.2) is 0 Å². The van der Waals surface area contributed by atoms with E-state index in [0.717, 1.165) is 24.2 Å². The number of carbonyl (C=O) groups is 1. The second-order valence-electron chi connectivity index (χ2n) is 12.1. The number of hydrogen-bond donors (Lipinski definition) is 0. The van der Waals surface area contributed by atoms with Gasteiger partial charge in [0.1, 0.15) is 0 Å². The van der Waals surface area contributed by atoms with E-state index in [9.17, 15) is 4.79 Å². The average molecular weight is 574 g/mol. The van der Waals surface area contributed by atoms with Crippen molar-refractivity contribution in [1.82, 2.24) is 0 Å². The van der Waals surface area contributed by atoms with Gasteiger partial charge >= 0.3 is 208 Å². The van der Waals surface area contributed by atoms with E-state index in [4.69, 9.17) is 3.07 Å². The van der Waals surface area contributed by atoms with Crippen molar-refractivity contribution >= 4 is 24.8 Å². The van der Waals surface area contributed by atoms with Gasteiger partial charge in [-0.2, -0.15) is 0 Å². The van der Waals surface area contributed by atoms with Crippen LogP contribution in [0.4, 0.5) is 0 Å². The molecule has 0 aliphatic heterocycles. The van der Waals surface area contributed by atoms with Crippen LogP contribution >= 0.6 is 0 Å². The average Bonchev–Trinajstić information content (AvgIpc) is 2.71. The van der Waals surface area contributed by atoms with Crippen molar-refractivity contribution in [1.29, 1.82) is 0 Å². The molecule has 0 fully saturated rings. The predicted molar refractivity (Wildman–Crippen MR) is 150 cm³/mol. The van der Waals surface area contributed by atoms with Crippen LogP contribution < -0.4 is 0 Å². The Bertz CT molecular complexity index is 409. The summed E-state index contributed by atoms with van der Waals surface area (Å²) in [5.41, 5.74) is 0. The summed E-state index contributed by atoms with van der Waals surface area (Å²) < 4.78 is 10.4. The van der Waals surface area contributed by atoms with E-state index in [1.807, 2.05) is 0 Å². The van der Waals surface area contributed by atoms with Gasteiger partial charge in [-0.25, -0.2) is 0 Å². The molecule has 2 nitrogen and oxygen atoms in total. The minimum absolute atomic E-state index is 0.160. The number of hydrogen-bond acceptors (Lipinski definition) is 2. The standard InChI is InChI=1S/C12H24O2.3C6H13.Sn/c1-2-3-4-5-6-7-8-9-10-11-12(13)14;3*1-4-5-6(2)3;/h2-11H2,1H3,(H,13,14);3*6H,1,4-5H2,2-3H3;/q;;;;+1/p-1. The first-order chi connectivity index (χ1) is 15.7. The molecule has 0 rings (SSSR count). The summed E-state index contributed by atoms with van der Waals surface area (Å²) in [6, 6.07) is 0. The van der Waals surface area contributed by atoms with Crippen molar-refractivity contribution in [3.8, 4) is 0 Å². The fourth-order valence-corrected chi connectivity index (χ4v) is 16.8. The summed E-state index contributed by atoms with van der Waals surface area (Å²) >= 11 is -2.91. The Morgan fingerprint density at radius 2 is 0.939 bits per heavy atom. The van der Waals surface area contributed by atoms with Crippen molar-refractivity contribution in [2.45, 2.75) is 165 Å². The van der Waals surface area contributed by atoms with Gasteiger partial charge in [-0.15, -0.1) is 0 Å². The Hall–Kier alpha value is 0.269. The quantitative estimate of drug-likeness (QED) is 0.0898. The number of carbonyl (C=O) groups excluding carboxylic acids is 1. The van der Waals surface area contributed by atoms with Gasteiger partial charge in [0, 0.05) is 0 Å². The predicted octanol–water partition coefficient (Wildman–Crippen LogP) is 10.7. The van der Waals surface area contributed by atoms with Gasteiger partial charge in [0.05, 0.1) is 0 Å². The van der Waals surface area contributed by atoms with Crippen LogP contribution in [0.2, 0.25) is 13.3 Å². The first kappa shape index (κ1) is 33.3. The molecule has 0 aromatic heterocycles. The van der Waals surface area contributed by atoms with Gasteiger partial charge in [-0.1, -0.05) is 6.92 Å². The third kappa shape index (κ3) is 21.3. The zero-order valence-electron chi connectivity index (χ0n) is 24.0. The molecule has 0 heterocycles. The molecule has 0 aromatic carbocycles. The first-order valence-electron chi connectivity index (χ1n) is 14.9. The Labute approximate surface area is 214 Å². The summed E-state index contributed by atoms with van der Waals surface area (Å²) in [6.07, 6.45) is 20.0. The maximum absolute atomic E-state index is 13.0. The zero-order valence-corrected chi connectivity index (χ0v) is 26.8. The summed E-state index contributed by atoms with van der Waals surface area (Å²) in [6.45, 7) is 16.2. The fourth-order valence-electron chi connectivity index (χ4n) is 4.90. The van der Waals surface area contributed by atoms with Gasteiger partial charge in [0.15, 0.2) is 0 Å². The molecule has 3 heteroatoms. The molecule has 0 radical (unpaired) electrons. The Morgan fingerprint density at radius 3 is 1.30 bits per heavy atom. The molecule has 0 saturated carbocycles. The third-order valence-electron chi connectivity index (χ3n) is 7.06. The topological polar surface area (TPSA) is 26.3 Å².